The molecule has 2 rings (SSSR count). The Morgan fingerprint density at radius 3 is 2.72 bits per heavy atom. The maximum atomic E-state index is 12.4. The Kier molecular flexibility index (Phi) is 4.18. The molecule has 18 heavy (non-hydrogen) atoms. The van der Waals surface area contributed by atoms with Crippen LogP contribution >= 0.6 is 23.2 Å². The van der Waals surface area contributed by atoms with Crippen LogP contribution < -0.4 is 0 Å². The van der Waals surface area contributed by atoms with Crippen LogP contribution in [0, 0.1) is 0 Å². The largest absolute Gasteiger partial charge is 0.392 e. The van der Waals surface area contributed by atoms with Crippen LogP contribution in [0.25, 0.3) is 0 Å². The van der Waals surface area contributed by atoms with Crippen LogP contribution in [-0.2, 0) is 10.0 Å². The molecule has 1 fully saturated rings. The van der Waals surface area contributed by atoms with Gasteiger partial charge in [0, 0.05) is 18.1 Å². The van der Waals surface area contributed by atoms with Gasteiger partial charge in [-0.15, -0.1) is 0 Å². The van der Waals surface area contributed by atoms with Crippen molar-refractivity contribution < 1.29 is 13.5 Å². The summed E-state index contributed by atoms with van der Waals surface area (Å²) < 4.78 is 26.0. The van der Waals surface area contributed by atoms with Gasteiger partial charge in [0.25, 0.3) is 0 Å². The minimum absolute atomic E-state index is 0.00855. The molecule has 1 atom stereocenters. The van der Waals surface area contributed by atoms with Crippen molar-refractivity contribution in [3.63, 3.8) is 0 Å². The van der Waals surface area contributed by atoms with Crippen molar-refractivity contribution in [2.75, 3.05) is 13.1 Å². The van der Waals surface area contributed by atoms with Crippen LogP contribution in [0.4, 0.5) is 0 Å². The van der Waals surface area contributed by atoms with Crippen molar-refractivity contribution in [2.24, 2.45) is 0 Å². The summed E-state index contributed by atoms with van der Waals surface area (Å²) >= 11 is 11.7. The van der Waals surface area contributed by atoms with Crippen molar-refractivity contribution >= 4 is 33.2 Å². The quantitative estimate of drug-likeness (QED) is 0.910. The summed E-state index contributed by atoms with van der Waals surface area (Å²) in [5.41, 5.74) is 0. The topological polar surface area (TPSA) is 57.6 Å². The first-order valence-electron chi connectivity index (χ1n) is 5.54. The van der Waals surface area contributed by atoms with Gasteiger partial charge in [-0.25, -0.2) is 8.42 Å². The number of aliphatic hydroxyl groups excluding tert-OH is 1. The van der Waals surface area contributed by atoms with Crippen LogP contribution in [0.3, 0.4) is 0 Å². The summed E-state index contributed by atoms with van der Waals surface area (Å²) in [5.74, 6) is 0. The molecule has 0 saturated carbocycles. The van der Waals surface area contributed by atoms with E-state index in [9.17, 15) is 13.5 Å². The fourth-order valence-electron chi connectivity index (χ4n) is 1.95. The fourth-order valence-corrected chi connectivity index (χ4v) is 4.21. The minimum Gasteiger partial charge on any atom is -0.392 e. The number of piperidine rings is 1. The number of sulfonamides is 1. The molecule has 0 unspecified atom stereocenters. The zero-order valence-electron chi connectivity index (χ0n) is 9.51. The van der Waals surface area contributed by atoms with Gasteiger partial charge in [-0.05, 0) is 31.0 Å². The molecule has 0 aliphatic carbocycles. The van der Waals surface area contributed by atoms with Crippen molar-refractivity contribution in [1.82, 2.24) is 4.31 Å². The third kappa shape index (κ3) is 2.81. The lowest BCUT2D eigenvalue weighted by Crippen LogP contribution is -2.42. The zero-order chi connectivity index (χ0) is 13.3. The molecule has 4 nitrogen and oxygen atoms in total. The molecule has 0 aromatic heterocycles. The molecule has 1 N–H and O–H groups in total. The van der Waals surface area contributed by atoms with Gasteiger partial charge in [0.15, 0.2) is 0 Å². The van der Waals surface area contributed by atoms with E-state index in [0.29, 0.717) is 24.4 Å². The van der Waals surface area contributed by atoms with Gasteiger partial charge < -0.3 is 5.11 Å². The third-order valence-electron chi connectivity index (χ3n) is 2.87. The molecule has 0 radical (unpaired) electrons. The predicted molar refractivity (Wildman–Crippen MR) is 70.5 cm³/mol. The Morgan fingerprint density at radius 1 is 1.33 bits per heavy atom. The maximum Gasteiger partial charge on any atom is 0.244 e. The molecule has 1 aliphatic heterocycles. The van der Waals surface area contributed by atoms with Gasteiger partial charge in [0.05, 0.1) is 11.1 Å². The molecule has 1 aromatic rings. The molecule has 1 aliphatic rings. The first kappa shape index (κ1) is 14.1. The van der Waals surface area contributed by atoms with E-state index >= 15 is 0 Å². The summed E-state index contributed by atoms with van der Waals surface area (Å²) in [6.45, 7) is 0.493. The summed E-state index contributed by atoms with van der Waals surface area (Å²) in [6.07, 6.45) is 0.639. The van der Waals surface area contributed by atoms with E-state index < -0.39 is 16.1 Å². The fraction of sp³-hybridized carbons (Fsp3) is 0.455. The van der Waals surface area contributed by atoms with Crippen molar-refractivity contribution in [3.8, 4) is 0 Å². The Balaban J connectivity index is 2.38. The van der Waals surface area contributed by atoms with Gasteiger partial charge >= 0.3 is 0 Å². The van der Waals surface area contributed by atoms with Gasteiger partial charge in [0.1, 0.15) is 4.90 Å². The predicted octanol–water partition coefficient (Wildman–Crippen LogP) is 2.14. The van der Waals surface area contributed by atoms with Crippen LogP contribution in [0.15, 0.2) is 23.1 Å². The molecule has 1 aromatic carbocycles. The van der Waals surface area contributed by atoms with E-state index in [2.05, 4.69) is 0 Å². The lowest BCUT2D eigenvalue weighted by Gasteiger charge is -2.29. The number of rotatable bonds is 2. The molecular weight excluding hydrogens is 297 g/mol. The zero-order valence-corrected chi connectivity index (χ0v) is 11.8. The summed E-state index contributed by atoms with van der Waals surface area (Å²) in [7, 11) is -3.69. The van der Waals surface area contributed by atoms with E-state index in [1.165, 1.54) is 22.5 Å². The lowest BCUT2D eigenvalue weighted by atomic mass is 10.1. The lowest BCUT2D eigenvalue weighted by molar-refractivity contribution is 0.108. The summed E-state index contributed by atoms with van der Waals surface area (Å²) in [6, 6.07) is 4.32. The van der Waals surface area contributed by atoms with Crippen molar-refractivity contribution in [3.05, 3.63) is 28.2 Å². The smallest absolute Gasteiger partial charge is 0.244 e. The average molecular weight is 310 g/mol. The second-order valence-electron chi connectivity index (χ2n) is 4.23. The monoisotopic (exact) mass is 309 g/mol. The SMILES string of the molecule is O=S(=O)(c1cc(Cl)ccc1Cl)N1CCC[C@H](O)C1. The van der Waals surface area contributed by atoms with Gasteiger partial charge in [-0.3, -0.25) is 0 Å². The van der Waals surface area contributed by atoms with E-state index in [0.717, 1.165) is 0 Å². The Bertz CT molecular complexity index is 547. The number of benzene rings is 1. The molecule has 0 amide bonds. The number of nitrogens with zero attached hydrogens (tertiary/aromatic N) is 1. The van der Waals surface area contributed by atoms with Gasteiger partial charge in [0.2, 0.25) is 10.0 Å². The third-order valence-corrected chi connectivity index (χ3v) is 5.45. The Labute approximate surface area is 116 Å². The first-order chi connectivity index (χ1) is 8.41. The number of hydrogen-bond donors (Lipinski definition) is 1. The highest BCUT2D eigenvalue weighted by molar-refractivity contribution is 7.89. The molecule has 1 saturated heterocycles. The summed E-state index contributed by atoms with van der Waals surface area (Å²) in [5, 5.41) is 10.0. The van der Waals surface area contributed by atoms with Crippen LogP contribution in [0.2, 0.25) is 10.0 Å². The highest BCUT2D eigenvalue weighted by Crippen LogP contribution is 2.29. The maximum absolute atomic E-state index is 12.4. The summed E-state index contributed by atoms with van der Waals surface area (Å²) in [4.78, 5) is -0.00855. The number of halogens is 2. The van der Waals surface area contributed by atoms with Crippen molar-refractivity contribution in [1.29, 1.82) is 0 Å². The van der Waals surface area contributed by atoms with E-state index in [-0.39, 0.29) is 16.5 Å². The molecule has 100 valence electrons. The highest BCUT2D eigenvalue weighted by Gasteiger charge is 2.31. The molecule has 1 heterocycles. The number of β-amino-alcohol motifs (C(OH)–C–C–N with tert-alkyl or cyclic N) is 1. The number of aliphatic hydroxyl groups is 1. The molecular formula is C11H13Cl2NO3S. The van der Waals surface area contributed by atoms with Gasteiger partial charge in [-0.2, -0.15) is 4.31 Å². The highest BCUT2D eigenvalue weighted by atomic mass is 35.5. The first-order valence-corrected chi connectivity index (χ1v) is 7.74. The second kappa shape index (κ2) is 5.35. The Hall–Kier alpha value is -0.330. The molecule has 0 spiro atoms. The minimum atomic E-state index is -3.69. The number of hydrogen-bond acceptors (Lipinski definition) is 3. The second-order valence-corrected chi connectivity index (χ2v) is 6.98. The normalized spacial score (nSPS) is 22.1. The standard InChI is InChI=1S/C11H13Cl2NO3S/c12-8-3-4-10(13)11(6-8)18(16,17)14-5-1-2-9(15)7-14/h3-4,6,9,15H,1-2,5,7H2/t9-/m0/s1. The van der Waals surface area contributed by atoms with E-state index in [1.807, 2.05) is 0 Å². The van der Waals surface area contributed by atoms with Crippen LogP contribution in [-0.4, -0.2) is 37.0 Å². The van der Waals surface area contributed by atoms with E-state index in [4.69, 9.17) is 23.2 Å². The van der Waals surface area contributed by atoms with Crippen molar-refractivity contribution in [2.45, 2.75) is 23.8 Å². The molecule has 0 bridgehead atoms. The van der Waals surface area contributed by atoms with E-state index in [1.54, 1.807) is 0 Å². The Morgan fingerprint density at radius 2 is 2.06 bits per heavy atom. The van der Waals surface area contributed by atoms with Gasteiger partial charge in [-0.1, -0.05) is 23.2 Å². The average Bonchev–Trinajstić information content (AvgIpc) is 2.32. The molecule has 7 heteroatoms. The van der Waals surface area contributed by atoms with Crippen LogP contribution in [0.1, 0.15) is 12.8 Å². The van der Waals surface area contributed by atoms with Crippen LogP contribution in [0.5, 0.6) is 0 Å².